The molecule has 96 valence electrons. The molecule has 1 aliphatic rings. The third kappa shape index (κ3) is 3.20. The predicted octanol–water partition coefficient (Wildman–Crippen LogP) is 2.31. The fraction of sp³-hybridized carbons (Fsp3) is 0.750. The summed E-state index contributed by atoms with van der Waals surface area (Å²) in [6, 6.07) is 0.432. The minimum atomic E-state index is 0.432. The van der Waals surface area contributed by atoms with Crippen molar-refractivity contribution in [3.05, 3.63) is 18.0 Å². The highest BCUT2D eigenvalue weighted by Gasteiger charge is 2.31. The van der Waals surface area contributed by atoms with Crippen molar-refractivity contribution < 1.29 is 0 Å². The lowest BCUT2D eigenvalue weighted by Crippen LogP contribution is -2.37. The molecule has 0 amide bonds. The van der Waals surface area contributed by atoms with Gasteiger partial charge in [-0.15, -0.1) is 0 Å². The van der Waals surface area contributed by atoms with E-state index < -0.39 is 0 Å². The third-order valence-corrected chi connectivity index (χ3v) is 6.27. The molecule has 3 nitrogen and oxygen atoms in total. The van der Waals surface area contributed by atoms with Gasteiger partial charge in [-0.05, 0) is 6.54 Å². The average Bonchev–Trinajstić information content (AvgIpc) is 2.74. The van der Waals surface area contributed by atoms with Crippen molar-refractivity contribution in [2.24, 2.45) is 7.05 Å². The van der Waals surface area contributed by atoms with Gasteiger partial charge >= 0.3 is 0 Å². The fourth-order valence-corrected chi connectivity index (χ4v) is 5.21. The molecular formula is C12H21N3S2. The van der Waals surface area contributed by atoms with Crippen molar-refractivity contribution in [1.82, 2.24) is 15.1 Å². The Morgan fingerprint density at radius 3 is 2.88 bits per heavy atom. The van der Waals surface area contributed by atoms with Gasteiger partial charge in [0.25, 0.3) is 0 Å². The van der Waals surface area contributed by atoms with Crippen LogP contribution in [0.1, 0.15) is 25.5 Å². The van der Waals surface area contributed by atoms with Crippen molar-refractivity contribution >= 4 is 23.5 Å². The standard InChI is InChI=1S/C12H21N3S2/c1-4-13-11(10-7-14-15(3)8-10)12-9(2)16-5-6-17-12/h7-9,11-13H,4-6H2,1-3H3. The highest BCUT2D eigenvalue weighted by molar-refractivity contribution is 8.07. The summed E-state index contributed by atoms with van der Waals surface area (Å²) in [4.78, 5) is 0. The van der Waals surface area contributed by atoms with E-state index in [1.54, 1.807) is 0 Å². The summed E-state index contributed by atoms with van der Waals surface area (Å²) in [6.07, 6.45) is 4.14. The molecular weight excluding hydrogens is 250 g/mol. The van der Waals surface area contributed by atoms with Gasteiger partial charge in [-0.25, -0.2) is 0 Å². The largest absolute Gasteiger partial charge is 0.309 e. The minimum Gasteiger partial charge on any atom is -0.309 e. The van der Waals surface area contributed by atoms with Gasteiger partial charge in [0.2, 0.25) is 0 Å². The molecule has 2 rings (SSSR count). The van der Waals surface area contributed by atoms with Crippen LogP contribution in [0, 0.1) is 0 Å². The molecule has 1 aromatic heterocycles. The lowest BCUT2D eigenvalue weighted by Gasteiger charge is -2.34. The zero-order valence-corrected chi connectivity index (χ0v) is 12.4. The van der Waals surface area contributed by atoms with Gasteiger partial charge in [0.1, 0.15) is 0 Å². The van der Waals surface area contributed by atoms with Crippen LogP contribution in [0.15, 0.2) is 12.4 Å². The van der Waals surface area contributed by atoms with Crippen molar-refractivity contribution in [2.45, 2.75) is 30.4 Å². The molecule has 0 bridgehead atoms. The maximum atomic E-state index is 4.30. The second-order valence-corrected chi connectivity index (χ2v) is 7.17. The summed E-state index contributed by atoms with van der Waals surface area (Å²) in [5.74, 6) is 2.55. The molecule has 1 aromatic rings. The number of hydrogen-bond donors (Lipinski definition) is 1. The molecule has 1 saturated heterocycles. The molecule has 1 aliphatic heterocycles. The Hall–Kier alpha value is -0.130. The Bertz CT molecular complexity index is 353. The molecule has 1 fully saturated rings. The van der Waals surface area contributed by atoms with E-state index in [4.69, 9.17) is 0 Å². The average molecular weight is 271 g/mol. The lowest BCUT2D eigenvalue weighted by atomic mass is 10.1. The van der Waals surface area contributed by atoms with E-state index in [-0.39, 0.29) is 0 Å². The Labute approximate surface area is 112 Å². The van der Waals surface area contributed by atoms with E-state index in [0.717, 1.165) is 6.54 Å². The molecule has 3 atom stereocenters. The SMILES string of the molecule is CCNC(c1cnn(C)c1)C1SCCSC1C. The minimum absolute atomic E-state index is 0.432. The third-order valence-electron chi connectivity index (χ3n) is 3.07. The Kier molecular flexibility index (Phi) is 4.82. The zero-order chi connectivity index (χ0) is 12.3. The van der Waals surface area contributed by atoms with Gasteiger partial charge < -0.3 is 5.32 Å². The monoisotopic (exact) mass is 271 g/mol. The van der Waals surface area contributed by atoms with Gasteiger partial charge in [0.05, 0.1) is 6.20 Å². The molecule has 0 saturated carbocycles. The summed E-state index contributed by atoms with van der Waals surface area (Å²) < 4.78 is 1.89. The van der Waals surface area contributed by atoms with Crippen LogP contribution in [-0.4, -0.2) is 38.3 Å². The summed E-state index contributed by atoms with van der Waals surface area (Å²) in [6.45, 7) is 5.53. The van der Waals surface area contributed by atoms with Gasteiger partial charge in [0.15, 0.2) is 0 Å². The van der Waals surface area contributed by atoms with Gasteiger partial charge in [0, 0.05) is 46.9 Å². The van der Waals surface area contributed by atoms with Crippen LogP contribution in [0.25, 0.3) is 0 Å². The number of aromatic nitrogens is 2. The Morgan fingerprint density at radius 1 is 1.53 bits per heavy atom. The Balaban J connectivity index is 2.15. The molecule has 17 heavy (non-hydrogen) atoms. The van der Waals surface area contributed by atoms with E-state index in [1.165, 1.54) is 17.1 Å². The molecule has 2 heterocycles. The molecule has 0 spiro atoms. The highest BCUT2D eigenvalue weighted by atomic mass is 32.2. The number of hydrogen-bond acceptors (Lipinski definition) is 4. The van der Waals surface area contributed by atoms with E-state index in [0.29, 0.717) is 16.5 Å². The number of nitrogens with zero attached hydrogens (tertiary/aromatic N) is 2. The quantitative estimate of drug-likeness (QED) is 0.910. The van der Waals surface area contributed by atoms with Crippen LogP contribution >= 0.6 is 23.5 Å². The van der Waals surface area contributed by atoms with E-state index in [1.807, 2.05) is 17.9 Å². The summed E-state index contributed by atoms with van der Waals surface area (Å²) in [5.41, 5.74) is 1.32. The smallest absolute Gasteiger partial charge is 0.0537 e. The molecule has 3 unspecified atom stereocenters. The predicted molar refractivity (Wildman–Crippen MR) is 77.8 cm³/mol. The first-order valence-electron chi connectivity index (χ1n) is 6.17. The van der Waals surface area contributed by atoms with Crippen LogP contribution in [-0.2, 0) is 7.05 Å². The van der Waals surface area contributed by atoms with Crippen LogP contribution in [0.5, 0.6) is 0 Å². The maximum absolute atomic E-state index is 4.30. The summed E-state index contributed by atoms with van der Waals surface area (Å²) >= 11 is 4.20. The molecule has 0 aliphatic carbocycles. The van der Waals surface area contributed by atoms with E-state index in [9.17, 15) is 0 Å². The van der Waals surface area contributed by atoms with Crippen molar-refractivity contribution in [2.75, 3.05) is 18.1 Å². The van der Waals surface area contributed by atoms with E-state index in [2.05, 4.69) is 54.0 Å². The van der Waals surface area contributed by atoms with Gasteiger partial charge in [-0.1, -0.05) is 13.8 Å². The molecule has 1 N–H and O–H groups in total. The normalized spacial score (nSPS) is 27.0. The van der Waals surface area contributed by atoms with Crippen molar-refractivity contribution in [1.29, 1.82) is 0 Å². The highest BCUT2D eigenvalue weighted by Crippen LogP contribution is 2.38. The second-order valence-electron chi connectivity index (χ2n) is 4.39. The summed E-state index contributed by atoms with van der Waals surface area (Å²) in [7, 11) is 1.98. The molecule has 0 aromatic carbocycles. The number of aryl methyl sites for hydroxylation is 1. The van der Waals surface area contributed by atoms with Gasteiger partial charge in [-0.2, -0.15) is 28.6 Å². The fourth-order valence-electron chi connectivity index (χ4n) is 2.26. The first kappa shape index (κ1) is 13.3. The molecule has 0 radical (unpaired) electrons. The number of thioether (sulfide) groups is 2. The zero-order valence-electron chi connectivity index (χ0n) is 10.7. The van der Waals surface area contributed by atoms with E-state index >= 15 is 0 Å². The maximum Gasteiger partial charge on any atom is 0.0537 e. The first-order chi connectivity index (χ1) is 8.22. The second kappa shape index (κ2) is 6.16. The summed E-state index contributed by atoms with van der Waals surface area (Å²) in [5, 5.41) is 9.28. The van der Waals surface area contributed by atoms with Crippen LogP contribution in [0.2, 0.25) is 0 Å². The van der Waals surface area contributed by atoms with Crippen molar-refractivity contribution in [3.8, 4) is 0 Å². The molecule has 5 heteroatoms. The van der Waals surface area contributed by atoms with Crippen LogP contribution in [0.3, 0.4) is 0 Å². The lowest BCUT2D eigenvalue weighted by molar-refractivity contribution is 0.525. The Morgan fingerprint density at radius 2 is 2.29 bits per heavy atom. The van der Waals surface area contributed by atoms with Crippen molar-refractivity contribution in [3.63, 3.8) is 0 Å². The topological polar surface area (TPSA) is 29.9 Å². The van der Waals surface area contributed by atoms with Crippen LogP contribution < -0.4 is 5.32 Å². The van der Waals surface area contributed by atoms with Crippen LogP contribution in [0.4, 0.5) is 0 Å². The van der Waals surface area contributed by atoms with Gasteiger partial charge in [-0.3, -0.25) is 4.68 Å². The number of rotatable bonds is 4. The number of nitrogens with one attached hydrogen (secondary N) is 1. The first-order valence-corrected chi connectivity index (χ1v) is 8.27.